The lowest BCUT2D eigenvalue weighted by atomic mass is 10.1. The van der Waals surface area contributed by atoms with E-state index in [4.69, 9.17) is 18.6 Å². The number of carbonyl (C=O) groups is 1. The summed E-state index contributed by atoms with van der Waals surface area (Å²) < 4.78 is 23.5. The highest BCUT2D eigenvalue weighted by Gasteiger charge is 2.18. The van der Waals surface area contributed by atoms with E-state index >= 15 is 0 Å². The van der Waals surface area contributed by atoms with E-state index < -0.39 is 0 Å². The highest BCUT2D eigenvalue weighted by atomic mass is 16.5. The smallest absolute Gasteiger partial charge is 0.336 e. The molecule has 2 aromatic heterocycles. The molecule has 0 atom stereocenters. The number of furan rings is 1. The zero-order valence-corrected chi connectivity index (χ0v) is 21.0. The van der Waals surface area contributed by atoms with Gasteiger partial charge in [0.25, 0.3) is 5.91 Å². The number of carbonyl (C=O) groups excluding carboxylic acids is 1. The third kappa shape index (κ3) is 5.67. The van der Waals surface area contributed by atoms with Crippen molar-refractivity contribution in [3.63, 3.8) is 0 Å². The van der Waals surface area contributed by atoms with Crippen molar-refractivity contribution in [2.24, 2.45) is 0 Å². The van der Waals surface area contributed by atoms with Crippen molar-refractivity contribution in [1.29, 1.82) is 0 Å². The van der Waals surface area contributed by atoms with Gasteiger partial charge in [0, 0.05) is 17.7 Å². The molecule has 0 unspecified atom stereocenters. The minimum absolute atomic E-state index is 0.218. The first-order chi connectivity index (χ1) is 18.6. The minimum atomic E-state index is -0.256. The van der Waals surface area contributed by atoms with Gasteiger partial charge in [0.05, 0.1) is 32.8 Å². The fraction of sp³-hybridized carbons (Fsp3) is 0.138. The van der Waals surface area contributed by atoms with E-state index in [0.717, 1.165) is 11.3 Å². The number of hydrogen-bond acceptors (Lipinski definition) is 7. The van der Waals surface area contributed by atoms with Gasteiger partial charge in [0.15, 0.2) is 5.76 Å². The van der Waals surface area contributed by atoms with Gasteiger partial charge in [-0.2, -0.15) is 4.98 Å². The van der Waals surface area contributed by atoms with Crippen LogP contribution in [0.15, 0.2) is 95.6 Å². The van der Waals surface area contributed by atoms with Gasteiger partial charge in [0.1, 0.15) is 11.5 Å². The lowest BCUT2D eigenvalue weighted by Gasteiger charge is -2.09. The van der Waals surface area contributed by atoms with Crippen LogP contribution >= 0.6 is 0 Å². The molecule has 0 fully saturated rings. The predicted molar refractivity (Wildman–Crippen MR) is 142 cm³/mol. The second kappa shape index (κ2) is 11.3. The Balaban J connectivity index is 1.35. The lowest BCUT2D eigenvalue weighted by molar-refractivity contribution is 0.102. The SMILES string of the molecule is COc1ccc(CCOc2nc(-c3ccco3)n(-c3cccc(NC(=O)c4cccc(OC)c4)c3)n2)cc1. The van der Waals surface area contributed by atoms with E-state index in [1.54, 1.807) is 73.7 Å². The highest BCUT2D eigenvalue weighted by molar-refractivity contribution is 6.04. The Morgan fingerprint density at radius 2 is 1.74 bits per heavy atom. The zero-order valence-electron chi connectivity index (χ0n) is 21.0. The van der Waals surface area contributed by atoms with Gasteiger partial charge in [-0.1, -0.05) is 24.3 Å². The standard InChI is InChI=1S/C29H26N4O5/c1-35-24-13-11-20(12-14-24)15-17-38-29-31-27(26-10-5-16-37-26)33(32-29)23-8-4-7-22(19-23)30-28(34)21-6-3-9-25(18-21)36-2/h3-14,16,18-19H,15,17H2,1-2H3,(H,30,34). The average Bonchev–Trinajstić information content (AvgIpc) is 3.64. The molecule has 9 heteroatoms. The van der Waals surface area contributed by atoms with Crippen molar-refractivity contribution in [1.82, 2.24) is 14.8 Å². The summed E-state index contributed by atoms with van der Waals surface area (Å²) in [5.74, 6) is 2.17. The summed E-state index contributed by atoms with van der Waals surface area (Å²) in [7, 11) is 3.20. The molecule has 3 aromatic carbocycles. The van der Waals surface area contributed by atoms with E-state index in [9.17, 15) is 4.79 Å². The molecule has 0 saturated heterocycles. The number of methoxy groups -OCH3 is 2. The first-order valence-electron chi connectivity index (χ1n) is 12.0. The third-order valence-corrected chi connectivity index (χ3v) is 5.79. The van der Waals surface area contributed by atoms with Crippen molar-refractivity contribution in [2.75, 3.05) is 26.1 Å². The Kier molecular flexibility index (Phi) is 7.35. The van der Waals surface area contributed by atoms with Crippen LogP contribution in [0, 0.1) is 0 Å². The maximum Gasteiger partial charge on any atom is 0.336 e. The van der Waals surface area contributed by atoms with Gasteiger partial charge >= 0.3 is 6.01 Å². The molecule has 0 radical (unpaired) electrons. The first-order valence-corrected chi connectivity index (χ1v) is 12.0. The number of rotatable bonds is 10. The molecule has 0 bridgehead atoms. The maximum atomic E-state index is 12.8. The van der Waals surface area contributed by atoms with Crippen LogP contribution in [0.25, 0.3) is 17.3 Å². The van der Waals surface area contributed by atoms with E-state index in [1.807, 2.05) is 36.4 Å². The average molecular weight is 511 g/mol. The van der Waals surface area contributed by atoms with Crippen LogP contribution in [0.2, 0.25) is 0 Å². The normalized spacial score (nSPS) is 10.7. The molecular formula is C29H26N4O5. The number of benzene rings is 3. The Bertz CT molecular complexity index is 1510. The van der Waals surface area contributed by atoms with Gasteiger partial charge in [0.2, 0.25) is 5.82 Å². The second-order valence-electron chi connectivity index (χ2n) is 8.29. The van der Waals surface area contributed by atoms with Gasteiger partial charge in [-0.3, -0.25) is 4.79 Å². The van der Waals surface area contributed by atoms with E-state index in [2.05, 4.69) is 15.4 Å². The molecule has 0 aliphatic heterocycles. The summed E-state index contributed by atoms with van der Waals surface area (Å²) in [6.07, 6.45) is 2.25. The highest BCUT2D eigenvalue weighted by Crippen LogP contribution is 2.26. The van der Waals surface area contributed by atoms with Crippen molar-refractivity contribution in [3.05, 3.63) is 102 Å². The van der Waals surface area contributed by atoms with Gasteiger partial charge in [-0.15, -0.1) is 5.10 Å². The van der Waals surface area contributed by atoms with Gasteiger partial charge in [-0.25, -0.2) is 4.68 Å². The van der Waals surface area contributed by atoms with E-state index in [-0.39, 0.29) is 11.9 Å². The molecule has 0 saturated carbocycles. The van der Waals surface area contributed by atoms with Gasteiger partial charge < -0.3 is 23.9 Å². The minimum Gasteiger partial charge on any atom is -0.497 e. The van der Waals surface area contributed by atoms with Crippen LogP contribution in [0.4, 0.5) is 5.69 Å². The summed E-state index contributed by atoms with van der Waals surface area (Å²) in [6.45, 7) is 0.393. The molecule has 5 rings (SSSR count). The Morgan fingerprint density at radius 1 is 0.921 bits per heavy atom. The molecule has 0 spiro atoms. The number of amides is 1. The second-order valence-corrected chi connectivity index (χ2v) is 8.29. The summed E-state index contributed by atoms with van der Waals surface area (Å²) in [5.41, 5.74) is 2.87. The molecular weight excluding hydrogens is 484 g/mol. The first kappa shape index (κ1) is 24.6. The number of hydrogen-bond donors (Lipinski definition) is 1. The Hall–Kier alpha value is -5.05. The molecule has 1 N–H and O–H groups in total. The number of anilines is 1. The molecule has 192 valence electrons. The summed E-state index contributed by atoms with van der Waals surface area (Å²) in [4.78, 5) is 17.4. The van der Waals surface area contributed by atoms with Crippen LogP contribution in [0.1, 0.15) is 15.9 Å². The van der Waals surface area contributed by atoms with E-state index in [1.165, 1.54) is 0 Å². The number of nitrogens with one attached hydrogen (secondary N) is 1. The molecule has 0 aliphatic rings. The van der Waals surface area contributed by atoms with Crippen molar-refractivity contribution in [3.8, 4) is 34.8 Å². The van der Waals surface area contributed by atoms with Crippen molar-refractivity contribution < 1.29 is 23.4 Å². The molecule has 1 amide bonds. The number of nitrogens with zero attached hydrogens (tertiary/aromatic N) is 3. The molecule has 38 heavy (non-hydrogen) atoms. The third-order valence-electron chi connectivity index (χ3n) is 5.79. The molecule has 0 aliphatic carbocycles. The zero-order chi connectivity index (χ0) is 26.3. The van der Waals surface area contributed by atoms with E-state index in [0.29, 0.717) is 47.3 Å². The molecule has 9 nitrogen and oxygen atoms in total. The van der Waals surface area contributed by atoms with Gasteiger partial charge in [-0.05, 0) is 66.2 Å². The summed E-state index contributed by atoms with van der Waals surface area (Å²) >= 11 is 0. The molecule has 2 heterocycles. The van der Waals surface area contributed by atoms with Crippen molar-refractivity contribution in [2.45, 2.75) is 6.42 Å². The van der Waals surface area contributed by atoms with Crippen LogP contribution in [0.3, 0.4) is 0 Å². The van der Waals surface area contributed by atoms with Crippen LogP contribution in [-0.2, 0) is 6.42 Å². The lowest BCUT2D eigenvalue weighted by Crippen LogP contribution is -2.12. The predicted octanol–water partition coefficient (Wildman–Crippen LogP) is 5.42. The summed E-state index contributed by atoms with van der Waals surface area (Å²) in [5, 5.41) is 7.49. The number of ether oxygens (including phenoxy) is 3. The molecule has 5 aromatic rings. The quantitative estimate of drug-likeness (QED) is 0.268. The maximum absolute atomic E-state index is 12.8. The topological polar surface area (TPSA) is 101 Å². The summed E-state index contributed by atoms with van der Waals surface area (Å²) in [6, 6.07) is 25.9. The van der Waals surface area contributed by atoms with Crippen LogP contribution in [0.5, 0.6) is 17.5 Å². The fourth-order valence-corrected chi connectivity index (χ4v) is 3.84. The monoisotopic (exact) mass is 510 g/mol. The fourth-order valence-electron chi connectivity index (χ4n) is 3.84. The van der Waals surface area contributed by atoms with Crippen molar-refractivity contribution >= 4 is 11.6 Å². The Morgan fingerprint density at radius 3 is 2.50 bits per heavy atom. The Labute approximate surface area is 219 Å². The van der Waals surface area contributed by atoms with Crippen LogP contribution in [-0.4, -0.2) is 41.5 Å². The van der Waals surface area contributed by atoms with Crippen LogP contribution < -0.4 is 19.5 Å². The number of aromatic nitrogens is 3. The largest absolute Gasteiger partial charge is 0.497 e.